The van der Waals surface area contributed by atoms with Gasteiger partial charge in [0.15, 0.2) is 0 Å². The van der Waals surface area contributed by atoms with E-state index in [4.69, 9.17) is 4.74 Å². The van der Waals surface area contributed by atoms with Gasteiger partial charge in [0.2, 0.25) is 0 Å². The molecule has 104 valence electrons. The van der Waals surface area contributed by atoms with Crippen LogP contribution in [0.3, 0.4) is 0 Å². The quantitative estimate of drug-likeness (QED) is 0.656. The summed E-state index contributed by atoms with van der Waals surface area (Å²) in [4.78, 5) is 0. The average molecular weight is 245 g/mol. The summed E-state index contributed by atoms with van der Waals surface area (Å²) in [5.41, 5.74) is -0.230. The standard InChI is InChI=1S/C14H31NO2/c1-11(2)9-13(5)17-8-7-14(6,10-16)15-12(3)4/h11-13,15-16H,7-10H2,1-6H3. The van der Waals surface area contributed by atoms with E-state index in [9.17, 15) is 5.11 Å². The van der Waals surface area contributed by atoms with Gasteiger partial charge in [0, 0.05) is 18.2 Å². The van der Waals surface area contributed by atoms with E-state index in [-0.39, 0.29) is 12.1 Å². The first-order valence-electron chi connectivity index (χ1n) is 6.79. The van der Waals surface area contributed by atoms with Gasteiger partial charge < -0.3 is 15.2 Å². The Labute approximate surface area is 107 Å². The summed E-state index contributed by atoms with van der Waals surface area (Å²) in [6.45, 7) is 13.6. The molecule has 2 atom stereocenters. The zero-order valence-electron chi connectivity index (χ0n) is 12.4. The second-order valence-electron chi connectivity index (χ2n) is 6.08. The Hall–Kier alpha value is -0.120. The van der Waals surface area contributed by atoms with E-state index >= 15 is 0 Å². The van der Waals surface area contributed by atoms with Crippen LogP contribution in [0.15, 0.2) is 0 Å². The Morgan fingerprint density at radius 3 is 2.18 bits per heavy atom. The molecule has 0 aromatic carbocycles. The summed E-state index contributed by atoms with van der Waals surface area (Å²) in [5, 5.41) is 12.8. The molecule has 0 rings (SSSR count). The summed E-state index contributed by atoms with van der Waals surface area (Å²) in [6, 6.07) is 0.375. The molecule has 0 fully saturated rings. The van der Waals surface area contributed by atoms with Crippen molar-refractivity contribution >= 4 is 0 Å². The lowest BCUT2D eigenvalue weighted by Gasteiger charge is -2.31. The maximum atomic E-state index is 9.43. The number of aliphatic hydroxyl groups excluding tert-OH is 1. The lowest BCUT2D eigenvalue weighted by Crippen LogP contribution is -2.49. The molecule has 0 aromatic rings. The van der Waals surface area contributed by atoms with Crippen LogP contribution in [-0.2, 0) is 4.74 Å². The Balaban J connectivity index is 3.90. The molecule has 0 radical (unpaired) electrons. The van der Waals surface area contributed by atoms with Crippen molar-refractivity contribution in [3.63, 3.8) is 0 Å². The fourth-order valence-corrected chi connectivity index (χ4v) is 2.11. The van der Waals surface area contributed by atoms with Gasteiger partial charge in [0.05, 0.1) is 12.7 Å². The lowest BCUT2D eigenvalue weighted by atomic mass is 9.98. The molecule has 0 saturated heterocycles. The van der Waals surface area contributed by atoms with Crippen LogP contribution >= 0.6 is 0 Å². The molecule has 0 bridgehead atoms. The van der Waals surface area contributed by atoms with Gasteiger partial charge in [0.25, 0.3) is 0 Å². The summed E-state index contributed by atoms with van der Waals surface area (Å²) < 4.78 is 5.78. The summed E-state index contributed by atoms with van der Waals surface area (Å²) >= 11 is 0. The van der Waals surface area contributed by atoms with Gasteiger partial charge in [-0.15, -0.1) is 0 Å². The van der Waals surface area contributed by atoms with Crippen molar-refractivity contribution in [1.29, 1.82) is 0 Å². The molecule has 0 saturated carbocycles. The van der Waals surface area contributed by atoms with E-state index in [0.717, 1.165) is 12.8 Å². The Kier molecular flexibility index (Phi) is 8.01. The van der Waals surface area contributed by atoms with Crippen LogP contribution in [-0.4, -0.2) is 36.0 Å². The molecule has 0 aliphatic heterocycles. The zero-order chi connectivity index (χ0) is 13.5. The fourth-order valence-electron chi connectivity index (χ4n) is 2.11. The van der Waals surface area contributed by atoms with Gasteiger partial charge in [0.1, 0.15) is 0 Å². The molecule has 3 heteroatoms. The largest absolute Gasteiger partial charge is 0.394 e. The van der Waals surface area contributed by atoms with E-state index in [1.807, 2.05) is 6.92 Å². The highest BCUT2D eigenvalue weighted by atomic mass is 16.5. The molecule has 0 aromatic heterocycles. The van der Waals surface area contributed by atoms with Crippen molar-refractivity contribution in [2.24, 2.45) is 5.92 Å². The normalized spacial score (nSPS) is 17.5. The van der Waals surface area contributed by atoms with Crippen molar-refractivity contribution < 1.29 is 9.84 Å². The molecular weight excluding hydrogens is 214 g/mol. The molecule has 17 heavy (non-hydrogen) atoms. The Morgan fingerprint density at radius 2 is 1.76 bits per heavy atom. The zero-order valence-corrected chi connectivity index (χ0v) is 12.4. The van der Waals surface area contributed by atoms with Gasteiger partial charge in [-0.2, -0.15) is 0 Å². The van der Waals surface area contributed by atoms with Gasteiger partial charge in [-0.1, -0.05) is 27.7 Å². The number of rotatable bonds is 9. The topological polar surface area (TPSA) is 41.5 Å². The number of nitrogens with one attached hydrogen (secondary N) is 1. The van der Waals surface area contributed by atoms with Crippen LogP contribution in [0.1, 0.15) is 54.4 Å². The summed E-state index contributed by atoms with van der Waals surface area (Å²) in [7, 11) is 0. The van der Waals surface area contributed by atoms with Crippen LogP contribution in [0, 0.1) is 5.92 Å². The van der Waals surface area contributed by atoms with Crippen LogP contribution < -0.4 is 5.32 Å². The van der Waals surface area contributed by atoms with E-state index in [1.165, 1.54) is 0 Å². The minimum Gasteiger partial charge on any atom is -0.394 e. The minimum atomic E-state index is -0.230. The average Bonchev–Trinajstić information content (AvgIpc) is 2.15. The number of ether oxygens (including phenoxy) is 1. The SMILES string of the molecule is CC(C)CC(C)OCCC(C)(CO)NC(C)C. The van der Waals surface area contributed by atoms with Gasteiger partial charge in [-0.05, 0) is 32.6 Å². The third kappa shape index (κ3) is 8.58. The highest BCUT2D eigenvalue weighted by molar-refractivity contribution is 4.83. The van der Waals surface area contributed by atoms with Gasteiger partial charge in [-0.3, -0.25) is 0 Å². The predicted molar refractivity (Wildman–Crippen MR) is 73.2 cm³/mol. The van der Waals surface area contributed by atoms with Crippen molar-refractivity contribution in [2.45, 2.75) is 72.1 Å². The highest BCUT2D eigenvalue weighted by Crippen LogP contribution is 2.13. The van der Waals surface area contributed by atoms with Crippen LogP contribution in [0.4, 0.5) is 0 Å². The molecule has 2 N–H and O–H groups in total. The van der Waals surface area contributed by atoms with E-state index in [2.05, 4.69) is 39.9 Å². The lowest BCUT2D eigenvalue weighted by molar-refractivity contribution is 0.0289. The van der Waals surface area contributed by atoms with Crippen molar-refractivity contribution in [3.05, 3.63) is 0 Å². The monoisotopic (exact) mass is 245 g/mol. The van der Waals surface area contributed by atoms with Crippen LogP contribution in [0.5, 0.6) is 0 Å². The molecule has 0 heterocycles. The third-order valence-corrected chi connectivity index (χ3v) is 2.85. The fraction of sp³-hybridized carbons (Fsp3) is 1.00. The number of hydrogen-bond acceptors (Lipinski definition) is 3. The smallest absolute Gasteiger partial charge is 0.0611 e. The van der Waals surface area contributed by atoms with Gasteiger partial charge in [-0.25, -0.2) is 0 Å². The molecule has 0 amide bonds. The Bertz CT molecular complexity index is 195. The minimum absolute atomic E-state index is 0.146. The summed E-state index contributed by atoms with van der Waals surface area (Å²) in [5.74, 6) is 0.669. The predicted octanol–water partition coefficient (Wildman–Crippen LogP) is 2.58. The highest BCUT2D eigenvalue weighted by Gasteiger charge is 2.23. The van der Waals surface area contributed by atoms with Crippen molar-refractivity contribution in [3.8, 4) is 0 Å². The third-order valence-electron chi connectivity index (χ3n) is 2.85. The molecular formula is C14H31NO2. The van der Waals surface area contributed by atoms with E-state index in [1.54, 1.807) is 0 Å². The maximum absolute atomic E-state index is 9.43. The van der Waals surface area contributed by atoms with E-state index in [0.29, 0.717) is 24.7 Å². The molecule has 0 aliphatic rings. The van der Waals surface area contributed by atoms with Crippen molar-refractivity contribution in [1.82, 2.24) is 5.32 Å². The van der Waals surface area contributed by atoms with Crippen molar-refractivity contribution in [2.75, 3.05) is 13.2 Å². The Morgan fingerprint density at radius 1 is 1.18 bits per heavy atom. The van der Waals surface area contributed by atoms with Crippen LogP contribution in [0.2, 0.25) is 0 Å². The first-order chi connectivity index (χ1) is 7.79. The molecule has 0 aliphatic carbocycles. The number of hydrogen-bond donors (Lipinski definition) is 2. The molecule has 0 spiro atoms. The van der Waals surface area contributed by atoms with Gasteiger partial charge >= 0.3 is 0 Å². The number of aliphatic hydroxyl groups is 1. The molecule has 3 nitrogen and oxygen atoms in total. The first kappa shape index (κ1) is 16.9. The van der Waals surface area contributed by atoms with E-state index < -0.39 is 0 Å². The molecule has 2 unspecified atom stereocenters. The summed E-state index contributed by atoms with van der Waals surface area (Å²) in [6.07, 6.45) is 2.23. The maximum Gasteiger partial charge on any atom is 0.0611 e. The first-order valence-corrected chi connectivity index (χ1v) is 6.79. The second-order valence-corrected chi connectivity index (χ2v) is 6.08. The van der Waals surface area contributed by atoms with Crippen LogP contribution in [0.25, 0.3) is 0 Å². The second kappa shape index (κ2) is 8.06.